The Bertz CT molecular complexity index is 518. The number of methoxy groups -OCH3 is 1. The van der Waals surface area contributed by atoms with Gasteiger partial charge in [0.25, 0.3) is 5.91 Å². The van der Waals surface area contributed by atoms with E-state index in [2.05, 4.69) is 20.2 Å². The van der Waals surface area contributed by atoms with E-state index in [4.69, 9.17) is 16.3 Å². The number of halogens is 1. The molecule has 3 saturated heterocycles. The number of rotatable bonds is 3. The van der Waals surface area contributed by atoms with Gasteiger partial charge >= 0.3 is 0 Å². The summed E-state index contributed by atoms with van der Waals surface area (Å²) in [6.45, 7) is 3.19. The first-order chi connectivity index (χ1) is 10.2. The van der Waals surface area contributed by atoms with Crippen LogP contribution in [0.3, 0.4) is 0 Å². The first kappa shape index (κ1) is 14.5. The van der Waals surface area contributed by atoms with Crippen molar-refractivity contribution in [2.75, 3.05) is 26.7 Å². The largest absolute Gasteiger partial charge is 0.492 e. The molecule has 6 nitrogen and oxygen atoms in total. The standard InChI is InChI=1S/C14H19ClN4O2/c1-21-11-7-16-13(18-12(11)15)14(20)17-10-6-9-2-4-19(8-10)5-3-9/h7,9-10H,2-6,8H2,1H3,(H,17,20). The third kappa shape index (κ3) is 3.27. The van der Waals surface area contributed by atoms with Crippen LogP contribution in [0, 0.1) is 5.92 Å². The maximum Gasteiger partial charge on any atom is 0.289 e. The predicted molar refractivity (Wildman–Crippen MR) is 78.6 cm³/mol. The molecule has 3 aliphatic rings. The van der Waals surface area contributed by atoms with Gasteiger partial charge in [-0.05, 0) is 38.3 Å². The molecule has 2 bridgehead atoms. The summed E-state index contributed by atoms with van der Waals surface area (Å²) in [5.41, 5.74) is 0. The van der Waals surface area contributed by atoms with Gasteiger partial charge in [-0.1, -0.05) is 11.6 Å². The molecule has 3 aliphatic heterocycles. The lowest BCUT2D eigenvalue weighted by molar-refractivity contribution is 0.0918. The number of ether oxygens (including phenoxy) is 1. The fraction of sp³-hybridized carbons (Fsp3) is 0.643. The molecule has 1 aromatic heterocycles. The number of carbonyl (C=O) groups excluding carboxylic acids is 1. The number of aromatic nitrogens is 2. The van der Waals surface area contributed by atoms with E-state index in [0.29, 0.717) is 5.75 Å². The molecule has 114 valence electrons. The molecular weight excluding hydrogens is 292 g/mol. The van der Waals surface area contributed by atoms with Gasteiger partial charge in [-0.25, -0.2) is 9.97 Å². The van der Waals surface area contributed by atoms with Gasteiger partial charge in [0.2, 0.25) is 5.82 Å². The highest BCUT2D eigenvalue weighted by Crippen LogP contribution is 2.27. The predicted octanol–water partition coefficient (Wildman–Crippen LogP) is 1.35. The van der Waals surface area contributed by atoms with Crippen LogP contribution in [0.4, 0.5) is 0 Å². The molecular formula is C14H19ClN4O2. The Hall–Kier alpha value is -1.40. The second kappa shape index (κ2) is 6.15. The molecule has 0 aliphatic carbocycles. The van der Waals surface area contributed by atoms with Gasteiger partial charge in [0.1, 0.15) is 0 Å². The molecule has 3 fully saturated rings. The van der Waals surface area contributed by atoms with E-state index in [1.54, 1.807) is 0 Å². The first-order valence-corrected chi connectivity index (χ1v) is 7.63. The van der Waals surface area contributed by atoms with Crippen LogP contribution >= 0.6 is 11.6 Å². The third-order valence-electron chi connectivity index (χ3n) is 4.27. The zero-order valence-corrected chi connectivity index (χ0v) is 12.8. The van der Waals surface area contributed by atoms with E-state index in [1.165, 1.54) is 26.1 Å². The number of carbonyl (C=O) groups is 1. The van der Waals surface area contributed by atoms with Crippen molar-refractivity contribution in [2.45, 2.75) is 25.3 Å². The van der Waals surface area contributed by atoms with Crippen molar-refractivity contribution in [1.29, 1.82) is 0 Å². The Labute approximate surface area is 128 Å². The number of hydrogen-bond acceptors (Lipinski definition) is 5. The molecule has 1 N–H and O–H groups in total. The molecule has 7 heteroatoms. The van der Waals surface area contributed by atoms with Gasteiger partial charge in [-0.15, -0.1) is 0 Å². The quantitative estimate of drug-likeness (QED) is 0.854. The van der Waals surface area contributed by atoms with Crippen LogP contribution in [0.1, 0.15) is 29.9 Å². The minimum absolute atomic E-state index is 0.0902. The molecule has 0 spiro atoms. The number of fused-ring (bicyclic) bond motifs is 4. The second-order valence-electron chi connectivity index (χ2n) is 5.70. The molecule has 0 radical (unpaired) electrons. The van der Waals surface area contributed by atoms with Crippen molar-refractivity contribution in [1.82, 2.24) is 20.2 Å². The third-order valence-corrected chi connectivity index (χ3v) is 4.54. The molecule has 1 amide bonds. The number of piperidine rings is 1. The van der Waals surface area contributed by atoms with Gasteiger partial charge in [-0.3, -0.25) is 4.79 Å². The summed E-state index contributed by atoms with van der Waals surface area (Å²) >= 11 is 5.93. The number of amides is 1. The maximum atomic E-state index is 12.3. The Morgan fingerprint density at radius 2 is 2.24 bits per heavy atom. The lowest BCUT2D eigenvalue weighted by Crippen LogP contribution is -2.42. The maximum absolute atomic E-state index is 12.3. The number of hydrogen-bond donors (Lipinski definition) is 1. The van der Waals surface area contributed by atoms with Crippen LogP contribution in [-0.2, 0) is 0 Å². The van der Waals surface area contributed by atoms with Crippen LogP contribution < -0.4 is 10.1 Å². The molecule has 0 saturated carbocycles. The van der Waals surface area contributed by atoms with Crippen LogP contribution in [-0.4, -0.2) is 53.6 Å². The van der Waals surface area contributed by atoms with Gasteiger partial charge in [-0.2, -0.15) is 0 Å². The Morgan fingerprint density at radius 1 is 1.48 bits per heavy atom. The number of nitrogens with zero attached hydrogens (tertiary/aromatic N) is 3. The van der Waals surface area contributed by atoms with Crippen molar-refractivity contribution < 1.29 is 9.53 Å². The van der Waals surface area contributed by atoms with Crippen molar-refractivity contribution in [3.63, 3.8) is 0 Å². The molecule has 0 aromatic carbocycles. The molecule has 21 heavy (non-hydrogen) atoms. The summed E-state index contributed by atoms with van der Waals surface area (Å²) in [6.07, 6.45) is 4.92. The van der Waals surface area contributed by atoms with Crippen molar-refractivity contribution in [3.8, 4) is 5.75 Å². The number of nitrogens with one attached hydrogen (secondary N) is 1. The van der Waals surface area contributed by atoms with Gasteiger partial charge in [0, 0.05) is 12.6 Å². The van der Waals surface area contributed by atoms with Crippen molar-refractivity contribution >= 4 is 17.5 Å². The summed E-state index contributed by atoms with van der Waals surface area (Å²) < 4.78 is 4.99. The van der Waals surface area contributed by atoms with Crippen LogP contribution in [0.5, 0.6) is 5.75 Å². The Kier molecular flexibility index (Phi) is 4.26. The normalized spacial score (nSPS) is 28.0. The van der Waals surface area contributed by atoms with Crippen LogP contribution in [0.2, 0.25) is 5.15 Å². The summed E-state index contributed by atoms with van der Waals surface area (Å²) in [6, 6.07) is 0.164. The zero-order chi connectivity index (χ0) is 14.8. The minimum atomic E-state index is -0.271. The fourth-order valence-electron chi connectivity index (χ4n) is 3.14. The van der Waals surface area contributed by atoms with Gasteiger partial charge in [0.15, 0.2) is 10.9 Å². The highest BCUT2D eigenvalue weighted by Gasteiger charge is 2.30. The van der Waals surface area contributed by atoms with Crippen LogP contribution in [0.25, 0.3) is 0 Å². The zero-order valence-electron chi connectivity index (χ0n) is 12.0. The molecule has 1 atom stereocenters. The van der Waals surface area contributed by atoms with Crippen LogP contribution in [0.15, 0.2) is 6.20 Å². The lowest BCUT2D eigenvalue weighted by atomic mass is 9.94. The average molecular weight is 311 g/mol. The summed E-state index contributed by atoms with van der Waals surface area (Å²) in [5.74, 6) is 0.903. The summed E-state index contributed by atoms with van der Waals surface area (Å²) in [7, 11) is 1.49. The van der Waals surface area contributed by atoms with E-state index in [9.17, 15) is 4.79 Å². The smallest absolute Gasteiger partial charge is 0.289 e. The van der Waals surface area contributed by atoms with Crippen molar-refractivity contribution in [3.05, 3.63) is 17.2 Å². The molecule has 4 heterocycles. The molecule has 4 rings (SSSR count). The second-order valence-corrected chi connectivity index (χ2v) is 6.06. The SMILES string of the molecule is COc1cnc(C(=O)NC2CC3CCN(CC3)C2)nc1Cl. The highest BCUT2D eigenvalue weighted by molar-refractivity contribution is 6.30. The van der Waals surface area contributed by atoms with E-state index in [-0.39, 0.29) is 22.9 Å². The highest BCUT2D eigenvalue weighted by atomic mass is 35.5. The lowest BCUT2D eigenvalue weighted by Gasteiger charge is -2.26. The van der Waals surface area contributed by atoms with Gasteiger partial charge < -0.3 is 15.0 Å². The topological polar surface area (TPSA) is 67.3 Å². The Morgan fingerprint density at radius 3 is 2.90 bits per heavy atom. The summed E-state index contributed by atoms with van der Waals surface area (Å²) in [5, 5.41) is 3.19. The van der Waals surface area contributed by atoms with E-state index in [1.807, 2.05) is 0 Å². The molecule has 1 aromatic rings. The van der Waals surface area contributed by atoms with Gasteiger partial charge in [0.05, 0.1) is 13.3 Å². The monoisotopic (exact) mass is 310 g/mol. The first-order valence-electron chi connectivity index (χ1n) is 7.25. The van der Waals surface area contributed by atoms with Crippen molar-refractivity contribution in [2.24, 2.45) is 5.92 Å². The molecule has 1 unspecified atom stereocenters. The summed E-state index contributed by atoms with van der Waals surface area (Å²) in [4.78, 5) is 22.7. The van der Waals surface area contributed by atoms with E-state index in [0.717, 1.165) is 32.0 Å². The Balaban J connectivity index is 1.67. The van der Waals surface area contributed by atoms with E-state index < -0.39 is 0 Å². The minimum Gasteiger partial charge on any atom is -0.492 e. The van der Waals surface area contributed by atoms with E-state index >= 15 is 0 Å². The fourth-order valence-corrected chi connectivity index (χ4v) is 3.35. The average Bonchev–Trinajstić information content (AvgIpc) is 2.79.